The summed E-state index contributed by atoms with van der Waals surface area (Å²) in [4.78, 5) is 17.7. The van der Waals surface area contributed by atoms with Crippen molar-refractivity contribution in [3.63, 3.8) is 0 Å². The van der Waals surface area contributed by atoms with Gasteiger partial charge in [-0.25, -0.2) is 13.7 Å². The quantitative estimate of drug-likeness (QED) is 0.448. The lowest BCUT2D eigenvalue weighted by Gasteiger charge is -2.29. The van der Waals surface area contributed by atoms with Crippen molar-refractivity contribution in [3.8, 4) is 5.75 Å². The van der Waals surface area contributed by atoms with Crippen LogP contribution in [0.15, 0.2) is 35.6 Å². The predicted octanol–water partition coefficient (Wildman–Crippen LogP) is 3.20. The fourth-order valence-corrected chi connectivity index (χ4v) is 4.74. The molecule has 2 aromatic heterocycles. The van der Waals surface area contributed by atoms with Gasteiger partial charge in [-0.1, -0.05) is 13.0 Å². The minimum Gasteiger partial charge on any atom is -0.495 e. The number of sulfonamides is 1. The van der Waals surface area contributed by atoms with E-state index in [-0.39, 0.29) is 23.1 Å². The van der Waals surface area contributed by atoms with E-state index in [0.29, 0.717) is 41.1 Å². The number of nitrogens with one attached hydrogen (secondary N) is 1. The van der Waals surface area contributed by atoms with Crippen LogP contribution in [0.1, 0.15) is 34.2 Å². The number of anilines is 1. The number of nitrogens with zero attached hydrogens (tertiary/aromatic N) is 5. The van der Waals surface area contributed by atoms with E-state index in [1.807, 2.05) is 19.9 Å². The molecule has 1 aliphatic heterocycles. The molecule has 0 aliphatic carbocycles. The summed E-state index contributed by atoms with van der Waals surface area (Å²) >= 11 is 0. The number of aromatic nitrogens is 2. The van der Waals surface area contributed by atoms with Crippen LogP contribution in [0.3, 0.4) is 0 Å². The number of halogens is 4. The number of carbonyl (C=O) groups is 1. The van der Waals surface area contributed by atoms with Crippen molar-refractivity contribution in [1.29, 1.82) is 0 Å². The Labute approximate surface area is 215 Å². The molecule has 204 valence electrons. The number of hydrogen-bond acceptors (Lipinski definition) is 7. The monoisotopic (exact) mass is 556 g/mol. The standard InChI is InChI=1S/C23H24F4N6O4S/c1-4-18-20(32-12-16(37-3)9-14(2)21(32)30-18)22(34)28-11-15-5-6-19(17(24)10-15)33-8-7-31(13-29-33)38(35,36)23(25,26)27/h5-6,9-10,12-13H,4,7-8,11H2,1-3H3,(H,28,34). The van der Waals surface area contributed by atoms with Crippen LogP contribution in [0.25, 0.3) is 5.65 Å². The number of imidazole rings is 1. The molecule has 0 spiro atoms. The molecule has 0 bridgehead atoms. The number of pyridine rings is 1. The largest absolute Gasteiger partial charge is 0.516 e. The zero-order valence-electron chi connectivity index (χ0n) is 20.6. The summed E-state index contributed by atoms with van der Waals surface area (Å²) in [5.74, 6) is -0.607. The van der Waals surface area contributed by atoms with Crippen molar-refractivity contribution >= 4 is 33.6 Å². The fourth-order valence-electron chi connectivity index (χ4n) is 3.99. The van der Waals surface area contributed by atoms with E-state index in [4.69, 9.17) is 4.74 Å². The smallest absolute Gasteiger partial charge is 0.495 e. The molecule has 1 amide bonds. The van der Waals surface area contributed by atoms with Crippen LogP contribution >= 0.6 is 0 Å². The van der Waals surface area contributed by atoms with Crippen molar-refractivity contribution in [2.75, 3.05) is 25.2 Å². The van der Waals surface area contributed by atoms with Crippen molar-refractivity contribution in [1.82, 2.24) is 19.0 Å². The molecule has 38 heavy (non-hydrogen) atoms. The summed E-state index contributed by atoms with van der Waals surface area (Å²) < 4.78 is 83.1. The molecule has 3 aromatic rings. The number of fused-ring (bicyclic) bond motifs is 1. The molecule has 4 rings (SSSR count). The van der Waals surface area contributed by atoms with Crippen LogP contribution in [0.5, 0.6) is 5.75 Å². The third kappa shape index (κ3) is 4.97. The number of ether oxygens (including phenoxy) is 1. The summed E-state index contributed by atoms with van der Waals surface area (Å²) in [6.07, 6.45) is 2.67. The van der Waals surface area contributed by atoms with Crippen LogP contribution in [0.4, 0.5) is 23.2 Å². The van der Waals surface area contributed by atoms with Crippen molar-refractivity contribution < 1.29 is 35.5 Å². The molecule has 15 heteroatoms. The first-order chi connectivity index (χ1) is 17.9. The lowest BCUT2D eigenvalue weighted by molar-refractivity contribution is -0.0471. The Bertz CT molecular complexity index is 1520. The fraction of sp³-hybridized carbons (Fsp3) is 0.348. The zero-order chi connectivity index (χ0) is 27.8. The van der Waals surface area contributed by atoms with Gasteiger partial charge in [0.25, 0.3) is 5.91 Å². The third-order valence-corrected chi connectivity index (χ3v) is 7.41. The van der Waals surface area contributed by atoms with Gasteiger partial charge in [-0.2, -0.15) is 26.7 Å². The first-order valence-corrected chi connectivity index (χ1v) is 12.8. The number of hydrazone groups is 1. The molecule has 0 saturated heterocycles. The van der Waals surface area contributed by atoms with Gasteiger partial charge in [-0.15, -0.1) is 0 Å². The summed E-state index contributed by atoms with van der Waals surface area (Å²) in [6.45, 7) is 2.85. The Hall–Kier alpha value is -3.88. The van der Waals surface area contributed by atoms with Crippen LogP contribution in [0, 0.1) is 12.7 Å². The number of carbonyl (C=O) groups excluding carboxylic acids is 1. The van der Waals surface area contributed by atoms with Gasteiger partial charge in [0.2, 0.25) is 0 Å². The minimum absolute atomic E-state index is 0.0176. The number of rotatable bonds is 7. The first-order valence-electron chi connectivity index (χ1n) is 11.4. The van der Waals surface area contributed by atoms with Gasteiger partial charge in [0, 0.05) is 6.54 Å². The topological polar surface area (TPSA) is 109 Å². The van der Waals surface area contributed by atoms with Crippen LogP contribution in [-0.2, 0) is 23.0 Å². The molecule has 1 aliphatic rings. The number of hydrogen-bond donors (Lipinski definition) is 1. The molecule has 3 heterocycles. The van der Waals surface area contributed by atoms with E-state index in [9.17, 15) is 30.8 Å². The maximum absolute atomic E-state index is 14.8. The van der Waals surface area contributed by atoms with Crippen LogP contribution < -0.4 is 15.1 Å². The number of benzene rings is 1. The van der Waals surface area contributed by atoms with Crippen LogP contribution in [-0.4, -0.2) is 60.1 Å². The molecule has 0 saturated carbocycles. The highest BCUT2D eigenvalue weighted by Crippen LogP contribution is 2.28. The Morgan fingerprint density at radius 3 is 2.53 bits per heavy atom. The Balaban J connectivity index is 1.49. The molecular formula is C23H24F4N6O4S. The average Bonchev–Trinajstić information content (AvgIpc) is 3.26. The third-order valence-electron chi connectivity index (χ3n) is 5.93. The van der Waals surface area contributed by atoms with E-state index >= 15 is 0 Å². The predicted molar refractivity (Wildman–Crippen MR) is 131 cm³/mol. The lowest BCUT2D eigenvalue weighted by atomic mass is 10.1. The molecule has 1 N–H and O–H groups in total. The molecule has 1 aromatic carbocycles. The Morgan fingerprint density at radius 1 is 1.21 bits per heavy atom. The van der Waals surface area contributed by atoms with Crippen LogP contribution in [0.2, 0.25) is 0 Å². The van der Waals surface area contributed by atoms with E-state index in [2.05, 4.69) is 15.4 Å². The molecular weight excluding hydrogens is 532 g/mol. The van der Waals surface area contributed by atoms with E-state index in [1.165, 1.54) is 19.2 Å². The summed E-state index contributed by atoms with van der Waals surface area (Å²) in [7, 11) is -4.05. The molecule has 10 nitrogen and oxygen atoms in total. The zero-order valence-corrected chi connectivity index (χ0v) is 21.4. The first kappa shape index (κ1) is 27.2. The number of amides is 1. The van der Waals surface area contributed by atoms with Gasteiger partial charge < -0.3 is 10.1 Å². The molecule has 0 unspecified atom stereocenters. The van der Waals surface area contributed by atoms with Gasteiger partial charge in [0.1, 0.15) is 29.2 Å². The second-order valence-corrected chi connectivity index (χ2v) is 10.3. The SMILES string of the molecule is CCc1nc2c(C)cc(OC)cn2c1C(=O)NCc1ccc(N2CCN(S(=O)(=O)C(F)(F)F)C=N2)c(F)c1. The van der Waals surface area contributed by atoms with Crippen molar-refractivity contribution in [2.24, 2.45) is 5.10 Å². The highest BCUT2D eigenvalue weighted by Gasteiger charge is 2.50. The number of aryl methyl sites for hydroxylation is 2. The maximum Gasteiger partial charge on any atom is 0.516 e. The summed E-state index contributed by atoms with van der Waals surface area (Å²) in [5, 5.41) is 7.47. The molecule has 0 fully saturated rings. The van der Waals surface area contributed by atoms with E-state index in [1.54, 1.807) is 10.6 Å². The van der Waals surface area contributed by atoms with Gasteiger partial charge in [-0.3, -0.25) is 14.2 Å². The second-order valence-electron chi connectivity index (χ2n) is 8.40. The maximum atomic E-state index is 14.8. The highest BCUT2D eigenvalue weighted by molar-refractivity contribution is 7.90. The molecule has 0 radical (unpaired) electrons. The van der Waals surface area contributed by atoms with Gasteiger partial charge in [0.05, 0.1) is 37.8 Å². The number of alkyl halides is 3. The average molecular weight is 557 g/mol. The lowest BCUT2D eigenvalue weighted by Crippen LogP contribution is -2.46. The Morgan fingerprint density at radius 2 is 1.95 bits per heavy atom. The molecule has 0 atom stereocenters. The van der Waals surface area contributed by atoms with Gasteiger partial charge >= 0.3 is 15.5 Å². The van der Waals surface area contributed by atoms with Gasteiger partial charge in [-0.05, 0) is 42.7 Å². The number of methoxy groups -OCH3 is 1. The second kappa shape index (κ2) is 10.1. The van der Waals surface area contributed by atoms with E-state index in [0.717, 1.165) is 16.6 Å². The van der Waals surface area contributed by atoms with Crippen molar-refractivity contribution in [2.45, 2.75) is 32.3 Å². The van der Waals surface area contributed by atoms with Crippen molar-refractivity contribution in [3.05, 3.63) is 58.8 Å². The normalized spacial score (nSPS) is 14.3. The van der Waals surface area contributed by atoms with Gasteiger partial charge in [0.15, 0.2) is 0 Å². The highest BCUT2D eigenvalue weighted by atomic mass is 32.2. The summed E-state index contributed by atoms with van der Waals surface area (Å²) in [6, 6.07) is 5.84. The minimum atomic E-state index is -5.57. The summed E-state index contributed by atoms with van der Waals surface area (Å²) in [5.41, 5.74) is -2.74. The van der Waals surface area contributed by atoms with E-state index < -0.39 is 33.8 Å². The Kier molecular flexibility index (Phi) is 7.23.